The van der Waals surface area contributed by atoms with E-state index in [1.807, 2.05) is 53.4 Å². The van der Waals surface area contributed by atoms with Crippen LogP contribution in [0.2, 0.25) is 0 Å². The molecule has 30 heavy (non-hydrogen) atoms. The van der Waals surface area contributed by atoms with E-state index in [-0.39, 0.29) is 11.9 Å². The van der Waals surface area contributed by atoms with E-state index in [0.717, 1.165) is 18.5 Å². The van der Waals surface area contributed by atoms with Crippen LogP contribution in [0.5, 0.6) is 11.5 Å². The van der Waals surface area contributed by atoms with E-state index in [1.54, 1.807) is 12.3 Å². The first-order valence-electron chi connectivity index (χ1n) is 10.3. The van der Waals surface area contributed by atoms with Gasteiger partial charge >= 0.3 is 0 Å². The molecule has 1 aliphatic heterocycles. The van der Waals surface area contributed by atoms with Gasteiger partial charge in [0.05, 0.1) is 12.2 Å². The molecule has 0 saturated carbocycles. The molecule has 0 bridgehead atoms. The number of pyridine rings is 1. The highest BCUT2D eigenvalue weighted by atomic mass is 16.6. The summed E-state index contributed by atoms with van der Waals surface area (Å²) in [6.45, 7) is 3.59. The lowest BCUT2D eigenvalue weighted by Gasteiger charge is -2.30. The summed E-state index contributed by atoms with van der Waals surface area (Å²) in [5, 5.41) is 0. The zero-order valence-corrected chi connectivity index (χ0v) is 17.2. The summed E-state index contributed by atoms with van der Waals surface area (Å²) in [6.07, 6.45) is 3.54. The molecule has 2 aromatic carbocycles. The Bertz CT molecular complexity index is 976. The van der Waals surface area contributed by atoms with Gasteiger partial charge in [0, 0.05) is 17.8 Å². The molecule has 2 heterocycles. The average molecular weight is 402 g/mol. The van der Waals surface area contributed by atoms with Crippen molar-refractivity contribution in [3.8, 4) is 11.5 Å². The third-order valence-corrected chi connectivity index (χ3v) is 5.33. The topological polar surface area (TPSA) is 51.7 Å². The van der Waals surface area contributed by atoms with Crippen molar-refractivity contribution < 1.29 is 14.3 Å². The SMILES string of the molecule is C[C@H](CCc1ccccc1)N(Cc1ccccn1)C(=O)c1ccc2c(c1)OCCO2. The van der Waals surface area contributed by atoms with Crippen molar-refractivity contribution in [3.63, 3.8) is 0 Å². The third-order valence-electron chi connectivity index (χ3n) is 5.33. The van der Waals surface area contributed by atoms with E-state index in [0.29, 0.717) is 36.8 Å². The van der Waals surface area contributed by atoms with Gasteiger partial charge in [-0.1, -0.05) is 36.4 Å². The smallest absolute Gasteiger partial charge is 0.254 e. The zero-order valence-electron chi connectivity index (χ0n) is 17.2. The first-order chi connectivity index (χ1) is 14.7. The molecule has 1 aliphatic rings. The molecule has 5 nitrogen and oxygen atoms in total. The molecule has 0 saturated heterocycles. The fourth-order valence-corrected chi connectivity index (χ4v) is 3.61. The Morgan fingerprint density at radius 2 is 1.77 bits per heavy atom. The first kappa shape index (κ1) is 20.0. The number of aromatic nitrogens is 1. The number of rotatable bonds is 7. The van der Waals surface area contributed by atoms with Gasteiger partial charge in [-0.25, -0.2) is 0 Å². The monoisotopic (exact) mass is 402 g/mol. The lowest BCUT2D eigenvalue weighted by Crippen LogP contribution is -2.38. The van der Waals surface area contributed by atoms with Crippen LogP contribution < -0.4 is 9.47 Å². The van der Waals surface area contributed by atoms with Crippen LogP contribution in [0.15, 0.2) is 72.9 Å². The maximum Gasteiger partial charge on any atom is 0.254 e. The van der Waals surface area contributed by atoms with Gasteiger partial charge in [-0.3, -0.25) is 9.78 Å². The highest BCUT2D eigenvalue weighted by molar-refractivity contribution is 5.95. The quantitative estimate of drug-likeness (QED) is 0.583. The Morgan fingerprint density at radius 3 is 2.53 bits per heavy atom. The van der Waals surface area contributed by atoms with Crippen LogP contribution in [0.1, 0.15) is 35.0 Å². The minimum Gasteiger partial charge on any atom is -0.486 e. The van der Waals surface area contributed by atoms with Crippen molar-refractivity contribution in [1.82, 2.24) is 9.88 Å². The van der Waals surface area contributed by atoms with Gasteiger partial charge in [-0.2, -0.15) is 0 Å². The van der Waals surface area contributed by atoms with Gasteiger partial charge in [-0.15, -0.1) is 0 Å². The summed E-state index contributed by atoms with van der Waals surface area (Å²) in [5.74, 6) is 1.28. The molecule has 0 aliphatic carbocycles. The Morgan fingerprint density at radius 1 is 1.00 bits per heavy atom. The Hall–Kier alpha value is -3.34. The van der Waals surface area contributed by atoms with E-state index < -0.39 is 0 Å². The van der Waals surface area contributed by atoms with Crippen molar-refractivity contribution in [2.45, 2.75) is 32.4 Å². The number of carbonyl (C=O) groups excluding carboxylic acids is 1. The van der Waals surface area contributed by atoms with Gasteiger partial charge in [0.15, 0.2) is 11.5 Å². The minimum atomic E-state index is -0.0295. The molecule has 1 aromatic heterocycles. The number of aryl methyl sites for hydroxylation is 1. The van der Waals surface area contributed by atoms with E-state index in [1.165, 1.54) is 5.56 Å². The summed E-state index contributed by atoms with van der Waals surface area (Å²) in [6, 6.07) is 21.6. The Kier molecular flexibility index (Phi) is 6.28. The van der Waals surface area contributed by atoms with E-state index >= 15 is 0 Å². The molecule has 3 aromatic rings. The van der Waals surface area contributed by atoms with Gasteiger partial charge in [0.2, 0.25) is 0 Å². The fourth-order valence-electron chi connectivity index (χ4n) is 3.61. The molecule has 1 amide bonds. The molecule has 0 radical (unpaired) electrons. The number of hydrogen-bond acceptors (Lipinski definition) is 4. The summed E-state index contributed by atoms with van der Waals surface area (Å²) < 4.78 is 11.3. The minimum absolute atomic E-state index is 0.0295. The van der Waals surface area contributed by atoms with Crippen LogP contribution >= 0.6 is 0 Å². The number of hydrogen-bond donors (Lipinski definition) is 0. The second-order valence-electron chi connectivity index (χ2n) is 7.49. The van der Waals surface area contributed by atoms with E-state index in [4.69, 9.17) is 9.47 Å². The van der Waals surface area contributed by atoms with Crippen molar-refractivity contribution in [3.05, 3.63) is 89.7 Å². The molecule has 0 spiro atoms. The molecule has 0 unspecified atom stereocenters. The number of benzene rings is 2. The lowest BCUT2D eigenvalue weighted by molar-refractivity contribution is 0.0663. The maximum atomic E-state index is 13.5. The summed E-state index contributed by atoms with van der Waals surface area (Å²) in [7, 11) is 0. The molecule has 1 atom stereocenters. The molecule has 4 rings (SSSR count). The second kappa shape index (κ2) is 9.44. The van der Waals surface area contributed by atoms with Crippen LogP contribution in [-0.4, -0.2) is 35.0 Å². The predicted octanol–water partition coefficient (Wildman–Crippen LogP) is 4.52. The zero-order chi connectivity index (χ0) is 20.8. The van der Waals surface area contributed by atoms with Gasteiger partial charge in [0.1, 0.15) is 13.2 Å². The van der Waals surface area contributed by atoms with Crippen molar-refractivity contribution in [2.24, 2.45) is 0 Å². The number of ether oxygens (including phenoxy) is 2. The van der Waals surface area contributed by atoms with Crippen molar-refractivity contribution >= 4 is 5.91 Å². The molecule has 0 N–H and O–H groups in total. The number of fused-ring (bicyclic) bond motifs is 1. The normalized spacial score (nSPS) is 13.5. The Labute approximate surface area is 177 Å². The molecule has 0 fully saturated rings. The van der Waals surface area contributed by atoms with Crippen LogP contribution in [-0.2, 0) is 13.0 Å². The Balaban J connectivity index is 1.55. The third kappa shape index (κ3) is 4.79. The highest BCUT2D eigenvalue weighted by Crippen LogP contribution is 2.31. The number of carbonyl (C=O) groups is 1. The summed E-state index contributed by atoms with van der Waals surface area (Å²) >= 11 is 0. The second-order valence-corrected chi connectivity index (χ2v) is 7.49. The number of nitrogens with zero attached hydrogens (tertiary/aromatic N) is 2. The van der Waals surface area contributed by atoms with Crippen molar-refractivity contribution in [1.29, 1.82) is 0 Å². The molecule has 154 valence electrons. The highest BCUT2D eigenvalue weighted by Gasteiger charge is 2.24. The molecule has 5 heteroatoms. The predicted molar refractivity (Wildman–Crippen MR) is 116 cm³/mol. The summed E-state index contributed by atoms with van der Waals surface area (Å²) in [4.78, 5) is 19.8. The van der Waals surface area contributed by atoms with Crippen molar-refractivity contribution in [2.75, 3.05) is 13.2 Å². The maximum absolute atomic E-state index is 13.5. The van der Waals surface area contributed by atoms with Crippen LogP contribution in [0.25, 0.3) is 0 Å². The standard InChI is InChI=1S/C25H26N2O3/c1-19(10-11-20-7-3-2-4-8-20)27(18-22-9-5-6-14-26-22)25(28)21-12-13-23-24(17-21)30-16-15-29-23/h2-9,12-14,17,19H,10-11,15-16,18H2,1H3/t19-/m1/s1. The van der Waals surface area contributed by atoms with Gasteiger partial charge < -0.3 is 14.4 Å². The first-order valence-corrected chi connectivity index (χ1v) is 10.3. The van der Waals surface area contributed by atoms with E-state index in [9.17, 15) is 4.79 Å². The average Bonchev–Trinajstić information content (AvgIpc) is 2.81. The number of amides is 1. The van der Waals surface area contributed by atoms with Crippen LogP contribution in [0.4, 0.5) is 0 Å². The van der Waals surface area contributed by atoms with E-state index in [2.05, 4.69) is 24.0 Å². The lowest BCUT2D eigenvalue weighted by atomic mass is 10.0. The van der Waals surface area contributed by atoms with Gasteiger partial charge in [0.25, 0.3) is 5.91 Å². The molecular weight excluding hydrogens is 376 g/mol. The molecular formula is C25H26N2O3. The van der Waals surface area contributed by atoms with Gasteiger partial charge in [-0.05, 0) is 55.7 Å². The van der Waals surface area contributed by atoms with Crippen LogP contribution in [0, 0.1) is 0 Å². The van der Waals surface area contributed by atoms with Crippen LogP contribution in [0.3, 0.4) is 0 Å². The largest absolute Gasteiger partial charge is 0.486 e. The fraction of sp³-hybridized carbons (Fsp3) is 0.280. The summed E-state index contributed by atoms with van der Waals surface area (Å²) in [5.41, 5.74) is 2.74.